The van der Waals surface area contributed by atoms with Crippen LogP contribution in [0.15, 0.2) is 18.3 Å². The number of likely N-dealkylation sites (tertiary alicyclic amines) is 1. The van der Waals surface area contributed by atoms with E-state index in [9.17, 15) is 18.0 Å². The number of nitrogens with one attached hydrogen (secondary N) is 2. The van der Waals surface area contributed by atoms with Crippen molar-refractivity contribution in [3.63, 3.8) is 0 Å². The maximum absolute atomic E-state index is 13.8. The number of ether oxygens (including phenoxy) is 1. The minimum Gasteiger partial charge on any atom is -0.450 e. The Hall–Kier alpha value is -3.11. The largest absolute Gasteiger partial charge is 0.450 e. The van der Waals surface area contributed by atoms with E-state index in [0.29, 0.717) is 38.4 Å². The van der Waals surface area contributed by atoms with Gasteiger partial charge in [0.15, 0.2) is 23.3 Å². The van der Waals surface area contributed by atoms with Crippen LogP contribution in [-0.2, 0) is 4.74 Å². The average Bonchev–Trinajstić information content (AvgIpc) is 2.69. The van der Waals surface area contributed by atoms with Crippen molar-refractivity contribution in [1.82, 2.24) is 20.1 Å². The molecule has 1 saturated heterocycles. The molecule has 1 fully saturated rings. The van der Waals surface area contributed by atoms with Crippen LogP contribution in [0.25, 0.3) is 0 Å². The third kappa shape index (κ3) is 4.59. The lowest BCUT2D eigenvalue weighted by Gasteiger charge is -2.31. The predicted molar refractivity (Wildman–Crippen MR) is 94.7 cm³/mol. The molecular formula is C17H19F3N6O2. The number of aromatic nitrogens is 3. The molecule has 2 N–H and O–H groups in total. The van der Waals surface area contributed by atoms with Gasteiger partial charge in [-0.3, -0.25) is 0 Å². The number of nitrogens with zero attached hydrogens (tertiary/aromatic N) is 4. The first-order valence-corrected chi connectivity index (χ1v) is 8.76. The fourth-order valence-electron chi connectivity index (χ4n) is 2.80. The van der Waals surface area contributed by atoms with Gasteiger partial charge in [-0.05, 0) is 31.9 Å². The number of carbonyl (C=O) groups excluding carboxylic acids is 1. The molecule has 11 heteroatoms. The van der Waals surface area contributed by atoms with E-state index in [1.165, 1.54) is 6.20 Å². The number of halogens is 3. The molecule has 1 aromatic heterocycles. The molecule has 8 nitrogen and oxygen atoms in total. The first kappa shape index (κ1) is 19.6. The van der Waals surface area contributed by atoms with Gasteiger partial charge in [0.05, 0.1) is 18.5 Å². The molecular weight excluding hydrogens is 377 g/mol. The van der Waals surface area contributed by atoms with E-state index >= 15 is 0 Å². The summed E-state index contributed by atoms with van der Waals surface area (Å²) in [5, 5.41) is 13.1. The van der Waals surface area contributed by atoms with E-state index in [2.05, 4.69) is 25.8 Å². The lowest BCUT2D eigenvalue weighted by Crippen LogP contribution is -2.42. The number of rotatable bonds is 5. The molecule has 0 bridgehead atoms. The molecule has 3 rings (SSSR count). The molecule has 0 unspecified atom stereocenters. The molecule has 0 radical (unpaired) electrons. The standard InChI is InChI=1S/C17H19F3N6O2/c1-2-28-17(27)26-7-5-10(6-8-26)22-13-9-21-25-16(24-13)23-12-4-3-11(18)14(19)15(12)20/h3-4,9-10H,2,5-8H2,1H3,(H2,22,23,24,25). The van der Waals surface area contributed by atoms with E-state index < -0.39 is 17.5 Å². The molecule has 2 aromatic rings. The summed E-state index contributed by atoms with van der Waals surface area (Å²) >= 11 is 0. The second-order valence-corrected chi connectivity index (χ2v) is 6.12. The summed E-state index contributed by atoms with van der Waals surface area (Å²) in [6.07, 6.45) is 2.43. The van der Waals surface area contributed by atoms with Gasteiger partial charge in [-0.15, -0.1) is 5.10 Å². The number of benzene rings is 1. The van der Waals surface area contributed by atoms with Gasteiger partial charge in [0, 0.05) is 19.1 Å². The third-order valence-corrected chi connectivity index (χ3v) is 4.21. The summed E-state index contributed by atoms with van der Waals surface area (Å²) in [4.78, 5) is 17.5. The lowest BCUT2D eigenvalue weighted by atomic mass is 10.1. The average molecular weight is 396 g/mol. The Kier molecular flexibility index (Phi) is 6.12. The Morgan fingerprint density at radius 1 is 1.25 bits per heavy atom. The molecule has 28 heavy (non-hydrogen) atoms. The Balaban J connectivity index is 1.60. The van der Waals surface area contributed by atoms with Crippen LogP contribution in [0.1, 0.15) is 19.8 Å². The first-order valence-electron chi connectivity index (χ1n) is 8.76. The van der Waals surface area contributed by atoms with Gasteiger partial charge in [0.2, 0.25) is 5.95 Å². The van der Waals surface area contributed by atoms with Gasteiger partial charge in [-0.25, -0.2) is 18.0 Å². The molecule has 0 saturated carbocycles. The summed E-state index contributed by atoms with van der Waals surface area (Å²) in [5.41, 5.74) is -0.305. The van der Waals surface area contributed by atoms with Crippen LogP contribution < -0.4 is 10.6 Å². The van der Waals surface area contributed by atoms with Crippen LogP contribution in [0.2, 0.25) is 0 Å². The van der Waals surface area contributed by atoms with Crippen LogP contribution in [-0.4, -0.2) is 51.9 Å². The van der Waals surface area contributed by atoms with Crippen molar-refractivity contribution in [2.24, 2.45) is 0 Å². The van der Waals surface area contributed by atoms with E-state index in [4.69, 9.17) is 4.74 Å². The van der Waals surface area contributed by atoms with E-state index in [1.54, 1.807) is 11.8 Å². The second-order valence-electron chi connectivity index (χ2n) is 6.12. The zero-order valence-corrected chi connectivity index (χ0v) is 15.1. The van der Waals surface area contributed by atoms with Gasteiger partial charge < -0.3 is 20.3 Å². The smallest absolute Gasteiger partial charge is 0.409 e. The molecule has 150 valence electrons. The fraction of sp³-hybridized carbons (Fsp3) is 0.412. The number of anilines is 3. The van der Waals surface area contributed by atoms with Crippen LogP contribution in [0.4, 0.5) is 35.4 Å². The third-order valence-electron chi connectivity index (χ3n) is 4.21. The summed E-state index contributed by atoms with van der Waals surface area (Å²) in [6.45, 7) is 3.17. The molecule has 1 aliphatic heterocycles. The van der Waals surface area contributed by atoms with E-state index in [1.807, 2.05) is 0 Å². The first-order chi connectivity index (χ1) is 13.5. The minimum absolute atomic E-state index is 0.0511. The van der Waals surface area contributed by atoms with Crippen molar-refractivity contribution in [2.75, 3.05) is 30.3 Å². The molecule has 0 spiro atoms. The summed E-state index contributed by atoms with van der Waals surface area (Å²) in [7, 11) is 0. The monoisotopic (exact) mass is 396 g/mol. The zero-order chi connectivity index (χ0) is 20.1. The quantitative estimate of drug-likeness (QED) is 0.751. The topological polar surface area (TPSA) is 92.3 Å². The number of hydrogen-bond donors (Lipinski definition) is 2. The molecule has 1 amide bonds. The van der Waals surface area contributed by atoms with Crippen molar-refractivity contribution >= 4 is 23.5 Å². The highest BCUT2D eigenvalue weighted by atomic mass is 19.2. The number of hydrogen-bond acceptors (Lipinski definition) is 7. The Morgan fingerprint density at radius 3 is 2.71 bits per heavy atom. The highest BCUT2D eigenvalue weighted by Gasteiger charge is 2.24. The fourth-order valence-corrected chi connectivity index (χ4v) is 2.80. The van der Waals surface area contributed by atoms with Gasteiger partial charge >= 0.3 is 6.09 Å². The molecule has 2 heterocycles. The summed E-state index contributed by atoms with van der Waals surface area (Å²) in [5.74, 6) is -3.92. The Labute approximate surface area is 159 Å². The molecule has 0 aliphatic carbocycles. The molecule has 0 atom stereocenters. The Morgan fingerprint density at radius 2 is 2.00 bits per heavy atom. The van der Waals surface area contributed by atoms with Gasteiger partial charge in [0.1, 0.15) is 0 Å². The highest BCUT2D eigenvalue weighted by molar-refractivity contribution is 5.67. The van der Waals surface area contributed by atoms with Crippen LogP contribution in [0, 0.1) is 17.5 Å². The molecule has 1 aromatic carbocycles. The number of carbonyl (C=O) groups is 1. The molecule has 1 aliphatic rings. The maximum Gasteiger partial charge on any atom is 0.409 e. The minimum atomic E-state index is -1.58. The van der Waals surface area contributed by atoms with Crippen molar-refractivity contribution in [2.45, 2.75) is 25.8 Å². The lowest BCUT2D eigenvalue weighted by molar-refractivity contribution is 0.0983. The summed E-state index contributed by atoms with van der Waals surface area (Å²) in [6, 6.07) is 1.89. The van der Waals surface area contributed by atoms with Crippen LogP contribution in [0.5, 0.6) is 0 Å². The van der Waals surface area contributed by atoms with Crippen molar-refractivity contribution in [1.29, 1.82) is 0 Å². The predicted octanol–water partition coefficient (Wildman–Crippen LogP) is 3.07. The van der Waals surface area contributed by atoms with Crippen molar-refractivity contribution in [3.05, 3.63) is 35.8 Å². The van der Waals surface area contributed by atoms with Gasteiger partial charge in [-0.1, -0.05) is 0 Å². The SMILES string of the molecule is CCOC(=O)N1CCC(Nc2cnnc(Nc3ccc(F)c(F)c3F)n2)CC1. The number of amides is 1. The Bertz CT molecular complexity index is 846. The normalized spacial score (nSPS) is 14.6. The van der Waals surface area contributed by atoms with E-state index in [0.717, 1.165) is 12.1 Å². The second kappa shape index (κ2) is 8.72. The van der Waals surface area contributed by atoms with Crippen molar-refractivity contribution < 1.29 is 22.7 Å². The van der Waals surface area contributed by atoms with Crippen LogP contribution >= 0.6 is 0 Å². The zero-order valence-electron chi connectivity index (χ0n) is 15.1. The van der Waals surface area contributed by atoms with E-state index in [-0.39, 0.29) is 23.8 Å². The maximum atomic E-state index is 13.8. The highest BCUT2D eigenvalue weighted by Crippen LogP contribution is 2.22. The van der Waals surface area contributed by atoms with Gasteiger partial charge in [-0.2, -0.15) is 10.1 Å². The van der Waals surface area contributed by atoms with Gasteiger partial charge in [0.25, 0.3) is 0 Å². The summed E-state index contributed by atoms with van der Waals surface area (Å²) < 4.78 is 45.1. The van der Waals surface area contributed by atoms with Crippen molar-refractivity contribution in [3.8, 4) is 0 Å². The van der Waals surface area contributed by atoms with Crippen LogP contribution in [0.3, 0.4) is 0 Å². The number of piperidine rings is 1.